The van der Waals surface area contributed by atoms with Crippen molar-refractivity contribution in [3.63, 3.8) is 0 Å². The fraction of sp³-hybridized carbons (Fsp3) is 0.778. The maximum absolute atomic E-state index is 12.4. The van der Waals surface area contributed by atoms with Crippen LogP contribution in [0.1, 0.15) is 43.5 Å². The summed E-state index contributed by atoms with van der Waals surface area (Å²) in [6.45, 7) is 8.04. The predicted molar refractivity (Wildman–Crippen MR) is 92.9 cm³/mol. The zero-order valence-electron chi connectivity index (χ0n) is 15.0. The van der Waals surface area contributed by atoms with Crippen LogP contribution >= 0.6 is 0 Å². The summed E-state index contributed by atoms with van der Waals surface area (Å²) in [7, 11) is 0. The van der Waals surface area contributed by atoms with Crippen LogP contribution in [0, 0.1) is 13.8 Å². The molecule has 2 aliphatic rings. The largest absolute Gasteiger partial charge is 0.381 e. The summed E-state index contributed by atoms with van der Waals surface area (Å²) in [6.07, 6.45) is 5.42. The highest BCUT2D eigenvalue weighted by Crippen LogP contribution is 2.19. The van der Waals surface area contributed by atoms with Crippen LogP contribution in [0.3, 0.4) is 0 Å². The van der Waals surface area contributed by atoms with Gasteiger partial charge in [-0.3, -0.25) is 14.4 Å². The van der Waals surface area contributed by atoms with E-state index < -0.39 is 0 Å². The van der Waals surface area contributed by atoms with E-state index in [4.69, 9.17) is 4.74 Å². The first-order valence-corrected chi connectivity index (χ1v) is 9.24. The molecule has 1 aromatic heterocycles. The average Bonchev–Trinajstić information content (AvgIpc) is 2.87. The molecule has 6 heteroatoms. The molecule has 6 nitrogen and oxygen atoms in total. The van der Waals surface area contributed by atoms with Crippen LogP contribution in [0.2, 0.25) is 0 Å². The number of aromatic nitrogens is 2. The number of piperidine rings is 1. The summed E-state index contributed by atoms with van der Waals surface area (Å²) in [6, 6.07) is 2.80. The summed E-state index contributed by atoms with van der Waals surface area (Å²) < 4.78 is 7.45. The summed E-state index contributed by atoms with van der Waals surface area (Å²) in [5.41, 5.74) is 2.26. The lowest BCUT2D eigenvalue weighted by molar-refractivity contribution is -0.124. The van der Waals surface area contributed by atoms with Gasteiger partial charge in [0.2, 0.25) is 5.91 Å². The van der Waals surface area contributed by atoms with Gasteiger partial charge in [0.05, 0.1) is 18.8 Å². The van der Waals surface area contributed by atoms with Gasteiger partial charge in [-0.2, -0.15) is 5.10 Å². The first-order valence-electron chi connectivity index (χ1n) is 9.24. The number of carbonyl (C=O) groups excluding carboxylic acids is 1. The number of amides is 1. The molecular weight excluding hydrogens is 304 g/mol. The van der Waals surface area contributed by atoms with Gasteiger partial charge in [-0.15, -0.1) is 0 Å². The smallest absolute Gasteiger partial charge is 0.234 e. The minimum absolute atomic E-state index is 0.155. The van der Waals surface area contributed by atoms with Gasteiger partial charge in [0, 0.05) is 31.0 Å². The molecule has 3 rings (SSSR count). The van der Waals surface area contributed by atoms with Crippen LogP contribution in [0.4, 0.5) is 0 Å². The lowest BCUT2D eigenvalue weighted by Gasteiger charge is -2.36. The third-order valence-corrected chi connectivity index (χ3v) is 5.17. The molecule has 0 aromatic carbocycles. The van der Waals surface area contributed by atoms with E-state index in [-0.39, 0.29) is 11.9 Å². The van der Waals surface area contributed by atoms with E-state index in [0.717, 1.165) is 51.3 Å². The van der Waals surface area contributed by atoms with E-state index in [1.165, 1.54) is 18.5 Å². The average molecular weight is 334 g/mol. The van der Waals surface area contributed by atoms with E-state index in [9.17, 15) is 4.79 Å². The molecule has 1 amide bonds. The van der Waals surface area contributed by atoms with E-state index in [1.807, 2.05) is 6.92 Å². The maximum Gasteiger partial charge on any atom is 0.234 e. The molecule has 0 radical (unpaired) electrons. The normalized spacial score (nSPS) is 23.3. The Labute approximate surface area is 144 Å². The lowest BCUT2D eigenvalue weighted by atomic mass is 10.0. The van der Waals surface area contributed by atoms with Gasteiger partial charge >= 0.3 is 0 Å². The van der Waals surface area contributed by atoms with Gasteiger partial charge in [-0.1, -0.05) is 6.42 Å². The Balaban J connectivity index is 1.55. The van der Waals surface area contributed by atoms with Crippen LogP contribution in [-0.4, -0.2) is 59.0 Å². The van der Waals surface area contributed by atoms with Gasteiger partial charge < -0.3 is 10.1 Å². The molecule has 0 bridgehead atoms. The van der Waals surface area contributed by atoms with Crippen molar-refractivity contribution in [2.45, 2.75) is 64.6 Å². The first-order chi connectivity index (χ1) is 11.6. The summed E-state index contributed by atoms with van der Waals surface area (Å²) in [5, 5.41) is 7.77. The quantitative estimate of drug-likeness (QED) is 0.889. The Kier molecular flexibility index (Phi) is 5.89. The van der Waals surface area contributed by atoms with E-state index in [2.05, 4.69) is 33.0 Å². The predicted octanol–water partition coefficient (Wildman–Crippen LogP) is 1.65. The molecule has 2 fully saturated rings. The second-order valence-corrected chi connectivity index (χ2v) is 7.18. The highest BCUT2D eigenvalue weighted by molar-refractivity contribution is 5.78. The molecule has 0 aliphatic carbocycles. The summed E-state index contributed by atoms with van der Waals surface area (Å²) in [4.78, 5) is 14.8. The standard InChI is InChI=1S/C18H30N4O2/c1-14-11-15(2)22(20-14)12-17-5-3-4-8-21(17)13-18(23)19-16-6-9-24-10-7-16/h11,16-17H,3-10,12-13H2,1-2H3,(H,19,23)/t17-/m1/s1. The van der Waals surface area contributed by atoms with Crippen LogP contribution in [0.5, 0.6) is 0 Å². The van der Waals surface area contributed by atoms with Crippen molar-refractivity contribution < 1.29 is 9.53 Å². The van der Waals surface area contributed by atoms with Crippen molar-refractivity contribution in [2.75, 3.05) is 26.3 Å². The molecule has 2 saturated heterocycles. The Bertz CT molecular complexity index is 551. The number of ether oxygens (including phenoxy) is 1. The zero-order valence-corrected chi connectivity index (χ0v) is 15.0. The number of nitrogens with one attached hydrogen (secondary N) is 1. The number of aryl methyl sites for hydroxylation is 2. The van der Waals surface area contributed by atoms with Crippen LogP contribution in [0.25, 0.3) is 0 Å². The number of likely N-dealkylation sites (tertiary alicyclic amines) is 1. The maximum atomic E-state index is 12.4. The second kappa shape index (κ2) is 8.12. The third-order valence-electron chi connectivity index (χ3n) is 5.17. The molecule has 134 valence electrons. The van der Waals surface area contributed by atoms with Crippen molar-refractivity contribution in [3.05, 3.63) is 17.5 Å². The summed E-state index contributed by atoms with van der Waals surface area (Å²) in [5.74, 6) is 0.155. The van der Waals surface area contributed by atoms with E-state index in [1.54, 1.807) is 0 Å². The number of nitrogens with zero attached hydrogens (tertiary/aromatic N) is 3. The Morgan fingerprint density at radius 1 is 1.29 bits per heavy atom. The first kappa shape index (κ1) is 17.4. The van der Waals surface area contributed by atoms with Crippen molar-refractivity contribution in [2.24, 2.45) is 0 Å². The van der Waals surface area contributed by atoms with Gasteiger partial charge in [0.25, 0.3) is 0 Å². The monoisotopic (exact) mass is 334 g/mol. The molecule has 0 saturated carbocycles. The fourth-order valence-electron chi connectivity index (χ4n) is 3.83. The second-order valence-electron chi connectivity index (χ2n) is 7.18. The topological polar surface area (TPSA) is 59.4 Å². The van der Waals surface area contributed by atoms with Gasteiger partial charge in [0.1, 0.15) is 0 Å². The molecule has 0 spiro atoms. The highest BCUT2D eigenvalue weighted by Gasteiger charge is 2.26. The number of rotatable bonds is 5. The van der Waals surface area contributed by atoms with Gasteiger partial charge in [-0.25, -0.2) is 0 Å². The number of hydrogen-bond donors (Lipinski definition) is 1. The SMILES string of the molecule is Cc1cc(C)n(C[C@H]2CCCCN2CC(=O)NC2CCOCC2)n1. The Morgan fingerprint density at radius 2 is 2.08 bits per heavy atom. The highest BCUT2D eigenvalue weighted by atomic mass is 16.5. The van der Waals surface area contributed by atoms with Crippen molar-refractivity contribution in [1.29, 1.82) is 0 Å². The Hall–Kier alpha value is -1.40. The Morgan fingerprint density at radius 3 is 2.79 bits per heavy atom. The van der Waals surface area contributed by atoms with Gasteiger partial charge in [0.15, 0.2) is 0 Å². The third kappa shape index (κ3) is 4.57. The number of hydrogen-bond acceptors (Lipinski definition) is 4. The molecular formula is C18H30N4O2. The molecule has 2 aliphatic heterocycles. The van der Waals surface area contributed by atoms with Crippen molar-refractivity contribution >= 4 is 5.91 Å². The van der Waals surface area contributed by atoms with Crippen molar-refractivity contribution in [1.82, 2.24) is 20.0 Å². The fourth-order valence-corrected chi connectivity index (χ4v) is 3.83. The minimum atomic E-state index is 0.155. The zero-order chi connectivity index (χ0) is 16.9. The lowest BCUT2D eigenvalue weighted by Crippen LogP contribution is -2.49. The molecule has 1 aromatic rings. The summed E-state index contributed by atoms with van der Waals surface area (Å²) >= 11 is 0. The van der Waals surface area contributed by atoms with Crippen LogP contribution < -0.4 is 5.32 Å². The van der Waals surface area contributed by atoms with E-state index >= 15 is 0 Å². The molecule has 3 heterocycles. The number of carbonyl (C=O) groups is 1. The van der Waals surface area contributed by atoms with Crippen LogP contribution in [0.15, 0.2) is 6.07 Å². The van der Waals surface area contributed by atoms with E-state index in [0.29, 0.717) is 12.6 Å². The minimum Gasteiger partial charge on any atom is -0.381 e. The molecule has 1 N–H and O–H groups in total. The van der Waals surface area contributed by atoms with Gasteiger partial charge in [-0.05, 0) is 52.1 Å². The van der Waals surface area contributed by atoms with Crippen molar-refractivity contribution in [3.8, 4) is 0 Å². The molecule has 1 atom stereocenters. The molecule has 24 heavy (non-hydrogen) atoms. The molecule has 0 unspecified atom stereocenters. The van der Waals surface area contributed by atoms with Crippen LogP contribution in [-0.2, 0) is 16.1 Å².